The maximum Gasteiger partial charge on any atom is 0.238 e. The third kappa shape index (κ3) is 4.23. The summed E-state index contributed by atoms with van der Waals surface area (Å²) < 4.78 is 5.33. The molecule has 0 bridgehead atoms. The Labute approximate surface area is 124 Å². The minimum absolute atomic E-state index is 0.163. The zero-order chi connectivity index (χ0) is 15.1. The van der Waals surface area contributed by atoms with E-state index in [2.05, 4.69) is 15.0 Å². The first-order chi connectivity index (χ1) is 10.2. The quantitative estimate of drug-likeness (QED) is 0.446. The summed E-state index contributed by atoms with van der Waals surface area (Å²) in [6, 6.07) is 7.34. The summed E-state index contributed by atoms with van der Waals surface area (Å²) >= 11 is 0. The maximum absolute atomic E-state index is 9.19. The fraction of sp³-hybridized carbons (Fsp3) is 0.500. The Hall–Kier alpha value is -2.01. The average Bonchev–Trinajstić information content (AvgIpc) is 2.53. The summed E-state index contributed by atoms with van der Waals surface area (Å²) in [5.41, 5.74) is 0.662. The summed E-state index contributed by atoms with van der Waals surface area (Å²) in [5.74, 6) is 0. The molecule has 1 aromatic heterocycles. The molecule has 1 unspecified atom stereocenters. The average molecular weight is 289 g/mol. The third-order valence-corrected chi connectivity index (χ3v) is 3.05. The van der Waals surface area contributed by atoms with E-state index >= 15 is 0 Å². The number of nitrogens with zero attached hydrogens (tertiary/aromatic N) is 5. The largest absolute Gasteiger partial charge is 0.379 e. The van der Waals surface area contributed by atoms with E-state index in [0.717, 1.165) is 13.1 Å². The Balaban J connectivity index is 2.09. The van der Waals surface area contributed by atoms with Crippen LogP contribution < -0.4 is 0 Å². The van der Waals surface area contributed by atoms with Gasteiger partial charge in [0, 0.05) is 19.3 Å². The molecule has 2 rings (SSSR count). The van der Waals surface area contributed by atoms with Gasteiger partial charge in [-0.2, -0.15) is 5.26 Å². The predicted molar refractivity (Wildman–Crippen MR) is 77.3 cm³/mol. The monoisotopic (exact) mass is 289 g/mol. The van der Waals surface area contributed by atoms with Gasteiger partial charge in [-0.1, -0.05) is 11.2 Å². The Kier molecular flexibility index (Phi) is 5.63. The third-order valence-electron chi connectivity index (χ3n) is 3.05. The second-order valence-corrected chi connectivity index (χ2v) is 4.81. The minimum atomic E-state index is -0.332. The van der Waals surface area contributed by atoms with Crippen molar-refractivity contribution in [1.29, 1.82) is 5.26 Å². The highest BCUT2D eigenvalue weighted by Gasteiger charge is 2.24. The van der Waals surface area contributed by atoms with Crippen molar-refractivity contribution in [1.82, 2.24) is 14.8 Å². The molecule has 2 heterocycles. The molecule has 21 heavy (non-hydrogen) atoms. The molecule has 1 aliphatic heterocycles. The zero-order valence-corrected chi connectivity index (χ0v) is 12.3. The normalized spacial score (nSPS) is 18.3. The molecule has 7 nitrogen and oxygen atoms in total. The zero-order valence-electron chi connectivity index (χ0n) is 12.3. The second kappa shape index (κ2) is 7.69. The molecule has 0 aromatic carbocycles. The first-order valence-electron chi connectivity index (χ1n) is 6.76. The van der Waals surface area contributed by atoms with Gasteiger partial charge < -0.3 is 9.57 Å². The molecule has 7 heteroatoms. The molecule has 1 saturated heterocycles. The van der Waals surface area contributed by atoms with Gasteiger partial charge >= 0.3 is 0 Å². The number of hydrogen-bond acceptors (Lipinski definition) is 7. The van der Waals surface area contributed by atoms with E-state index in [1.165, 1.54) is 0 Å². The van der Waals surface area contributed by atoms with Crippen molar-refractivity contribution < 1.29 is 9.57 Å². The van der Waals surface area contributed by atoms with Gasteiger partial charge in [0.25, 0.3) is 0 Å². The molecule has 1 atom stereocenters. The molecule has 112 valence electrons. The molecule has 1 fully saturated rings. The highest BCUT2D eigenvalue weighted by atomic mass is 16.7. The lowest BCUT2D eigenvalue weighted by Crippen LogP contribution is -2.50. The Morgan fingerprint density at radius 2 is 2.24 bits per heavy atom. The van der Waals surface area contributed by atoms with Gasteiger partial charge in [-0.15, -0.1) is 0 Å². The SMILES string of the molecule is CN(C)C(ON=C(C#N)c1ccccn1)N1CCOCC1. The molecule has 1 aromatic rings. The van der Waals surface area contributed by atoms with E-state index < -0.39 is 0 Å². The second-order valence-electron chi connectivity index (χ2n) is 4.81. The lowest BCUT2D eigenvalue weighted by Gasteiger charge is -2.35. The van der Waals surface area contributed by atoms with Crippen LogP contribution in [0.15, 0.2) is 29.6 Å². The van der Waals surface area contributed by atoms with Crippen LogP contribution in [0.4, 0.5) is 0 Å². The van der Waals surface area contributed by atoms with E-state index in [9.17, 15) is 5.26 Å². The standard InChI is InChI=1S/C14H19N5O2/c1-18(2)14(19-7-9-20-10-8-19)21-17-13(11-15)12-5-3-4-6-16-12/h3-6,14H,7-10H2,1-2H3. The van der Waals surface area contributed by atoms with E-state index in [-0.39, 0.29) is 12.1 Å². The van der Waals surface area contributed by atoms with Crippen molar-refractivity contribution in [2.24, 2.45) is 5.16 Å². The summed E-state index contributed by atoms with van der Waals surface area (Å²) in [6.07, 6.45) is 1.29. The van der Waals surface area contributed by atoms with Crippen LogP contribution in [0.25, 0.3) is 0 Å². The first kappa shape index (κ1) is 15.4. The molecular weight excluding hydrogens is 270 g/mol. The van der Waals surface area contributed by atoms with Gasteiger partial charge in [-0.05, 0) is 26.2 Å². The summed E-state index contributed by atoms with van der Waals surface area (Å²) in [5, 5.41) is 13.2. The van der Waals surface area contributed by atoms with Crippen LogP contribution in [0.5, 0.6) is 0 Å². The predicted octanol–water partition coefficient (Wildman–Crippen LogP) is 0.503. The van der Waals surface area contributed by atoms with Gasteiger partial charge in [0.2, 0.25) is 12.1 Å². The van der Waals surface area contributed by atoms with Crippen molar-refractivity contribution in [2.45, 2.75) is 6.35 Å². The number of rotatable bonds is 5. The number of morpholine rings is 1. The topological polar surface area (TPSA) is 74.0 Å². The van der Waals surface area contributed by atoms with Crippen molar-refractivity contribution in [3.8, 4) is 6.07 Å². The van der Waals surface area contributed by atoms with Gasteiger partial charge in [-0.25, -0.2) is 4.90 Å². The van der Waals surface area contributed by atoms with Crippen molar-refractivity contribution >= 4 is 5.71 Å². The lowest BCUT2D eigenvalue weighted by atomic mass is 10.2. The number of ether oxygens (including phenoxy) is 1. The van der Waals surface area contributed by atoms with Gasteiger partial charge in [0.05, 0.1) is 13.2 Å². The molecule has 0 saturated carbocycles. The molecule has 0 radical (unpaired) electrons. The summed E-state index contributed by atoms with van der Waals surface area (Å²) in [6.45, 7) is 2.87. The number of nitriles is 1. The maximum atomic E-state index is 9.19. The van der Waals surface area contributed by atoms with Crippen LogP contribution in [0.1, 0.15) is 5.69 Å². The van der Waals surface area contributed by atoms with E-state index in [1.807, 2.05) is 25.1 Å². The molecule has 0 N–H and O–H groups in total. The van der Waals surface area contributed by atoms with Crippen LogP contribution in [-0.4, -0.2) is 67.2 Å². The van der Waals surface area contributed by atoms with E-state index in [1.54, 1.807) is 24.4 Å². The number of aromatic nitrogens is 1. The molecule has 1 aliphatic rings. The minimum Gasteiger partial charge on any atom is -0.379 e. The fourth-order valence-electron chi connectivity index (χ4n) is 2.01. The van der Waals surface area contributed by atoms with Crippen molar-refractivity contribution in [2.75, 3.05) is 40.4 Å². The number of oxime groups is 1. The van der Waals surface area contributed by atoms with Crippen molar-refractivity contribution in [3.05, 3.63) is 30.1 Å². The summed E-state index contributed by atoms with van der Waals surface area (Å²) in [7, 11) is 3.81. The molecule has 0 amide bonds. The molecule has 0 spiro atoms. The Bertz CT molecular complexity index is 506. The fourth-order valence-corrected chi connectivity index (χ4v) is 2.01. The van der Waals surface area contributed by atoms with Crippen LogP contribution in [0, 0.1) is 11.3 Å². The van der Waals surface area contributed by atoms with E-state index in [0.29, 0.717) is 18.9 Å². The first-order valence-corrected chi connectivity index (χ1v) is 6.76. The van der Waals surface area contributed by atoms with Crippen LogP contribution in [0.2, 0.25) is 0 Å². The smallest absolute Gasteiger partial charge is 0.238 e. The summed E-state index contributed by atoms with van der Waals surface area (Å²) in [4.78, 5) is 13.7. The van der Waals surface area contributed by atoms with Crippen LogP contribution in [-0.2, 0) is 9.57 Å². The lowest BCUT2D eigenvalue weighted by molar-refractivity contribution is -0.158. The Morgan fingerprint density at radius 1 is 1.48 bits per heavy atom. The van der Waals surface area contributed by atoms with Gasteiger partial charge in [0.1, 0.15) is 11.8 Å². The molecular formula is C14H19N5O2. The molecule has 0 aliphatic carbocycles. The van der Waals surface area contributed by atoms with Crippen LogP contribution in [0.3, 0.4) is 0 Å². The van der Waals surface area contributed by atoms with E-state index in [4.69, 9.17) is 9.57 Å². The Morgan fingerprint density at radius 3 is 2.81 bits per heavy atom. The highest BCUT2D eigenvalue weighted by molar-refractivity contribution is 6.09. The number of pyridine rings is 1. The van der Waals surface area contributed by atoms with Crippen LogP contribution >= 0.6 is 0 Å². The van der Waals surface area contributed by atoms with Gasteiger partial charge in [-0.3, -0.25) is 9.88 Å². The highest BCUT2D eigenvalue weighted by Crippen LogP contribution is 2.09. The van der Waals surface area contributed by atoms with Gasteiger partial charge in [0.15, 0.2) is 0 Å². The number of hydrogen-bond donors (Lipinski definition) is 0. The van der Waals surface area contributed by atoms with Crippen molar-refractivity contribution in [3.63, 3.8) is 0 Å².